The predicted octanol–water partition coefficient (Wildman–Crippen LogP) is 3.34. The highest BCUT2D eigenvalue weighted by Gasteiger charge is 2.28. The molecule has 0 saturated carbocycles. The highest BCUT2D eigenvalue weighted by atomic mass is 35.5. The summed E-state index contributed by atoms with van der Waals surface area (Å²) in [5.74, 6) is 0.935. The summed E-state index contributed by atoms with van der Waals surface area (Å²) in [4.78, 5) is 22.9. The molecule has 3 rings (SSSR count). The van der Waals surface area contributed by atoms with Crippen molar-refractivity contribution in [2.45, 2.75) is 31.7 Å². The molecule has 0 aromatic carbocycles. The smallest absolute Gasteiger partial charge is 0.242 e. The number of aromatic nitrogens is 2. The summed E-state index contributed by atoms with van der Waals surface area (Å²) in [5, 5.41) is 3.41. The van der Waals surface area contributed by atoms with E-state index in [0.29, 0.717) is 16.8 Å². The van der Waals surface area contributed by atoms with Crippen LogP contribution in [0.1, 0.15) is 31.2 Å². The van der Waals surface area contributed by atoms with Gasteiger partial charge in [0.2, 0.25) is 5.91 Å². The summed E-state index contributed by atoms with van der Waals surface area (Å²) < 4.78 is 0. The van der Waals surface area contributed by atoms with Crippen LogP contribution in [0.15, 0.2) is 42.9 Å². The lowest BCUT2D eigenvalue weighted by atomic mass is 9.90. The van der Waals surface area contributed by atoms with E-state index in [9.17, 15) is 4.79 Å². The predicted molar refractivity (Wildman–Crippen MR) is 95.1 cm³/mol. The molecule has 3 heterocycles. The van der Waals surface area contributed by atoms with E-state index in [1.807, 2.05) is 19.3 Å². The number of pyridine rings is 2. The fraction of sp³-hybridized carbons (Fsp3) is 0.389. The van der Waals surface area contributed by atoms with Gasteiger partial charge in [0.15, 0.2) is 0 Å². The Labute approximate surface area is 147 Å². The van der Waals surface area contributed by atoms with E-state index in [2.05, 4.69) is 32.3 Å². The van der Waals surface area contributed by atoms with Crippen molar-refractivity contribution in [2.24, 2.45) is 0 Å². The average Bonchev–Trinajstić information content (AvgIpc) is 2.64. The third-order valence-corrected chi connectivity index (χ3v) is 4.76. The van der Waals surface area contributed by atoms with Gasteiger partial charge in [0, 0.05) is 25.1 Å². The molecule has 1 fully saturated rings. The van der Waals surface area contributed by atoms with Crippen LogP contribution in [-0.4, -0.2) is 39.9 Å². The minimum Gasteiger partial charge on any atom is -0.309 e. The molecule has 1 unspecified atom stereocenters. The highest BCUT2D eigenvalue weighted by molar-refractivity contribution is 6.30. The number of hydrogen-bond donors (Lipinski definition) is 1. The molecule has 2 aromatic heterocycles. The van der Waals surface area contributed by atoms with E-state index < -0.39 is 0 Å². The fourth-order valence-electron chi connectivity index (χ4n) is 3.11. The quantitative estimate of drug-likeness (QED) is 0.924. The zero-order valence-corrected chi connectivity index (χ0v) is 14.4. The Morgan fingerprint density at radius 1 is 1.33 bits per heavy atom. The van der Waals surface area contributed by atoms with Crippen molar-refractivity contribution in [1.82, 2.24) is 14.9 Å². The number of likely N-dealkylation sites (tertiary alicyclic amines) is 1. The lowest BCUT2D eigenvalue weighted by Gasteiger charge is -2.36. The van der Waals surface area contributed by atoms with Gasteiger partial charge in [0.25, 0.3) is 0 Å². The van der Waals surface area contributed by atoms with Crippen LogP contribution in [0.2, 0.25) is 5.02 Å². The molecule has 0 aliphatic carbocycles. The number of nitrogens with zero attached hydrogens (tertiary/aromatic N) is 3. The lowest BCUT2D eigenvalue weighted by Crippen LogP contribution is -2.46. The number of nitrogens with one attached hydrogen (secondary N) is 1. The van der Waals surface area contributed by atoms with E-state index in [1.54, 1.807) is 12.1 Å². The van der Waals surface area contributed by atoms with Crippen molar-refractivity contribution >= 4 is 23.3 Å². The number of hydrogen-bond acceptors (Lipinski definition) is 4. The summed E-state index contributed by atoms with van der Waals surface area (Å²) in [5.41, 5.74) is 1.29. The standard InChI is InChI=1S/C18H21ClN4O/c1-13(18(24)22-17-5-4-16(19)11-21-17)23-10-2-3-15(12-23)14-6-8-20-9-7-14/h4-9,11,13,15H,2-3,10,12H2,1H3,(H,21,22,24)/t13?,15-/m1/s1. The van der Waals surface area contributed by atoms with Gasteiger partial charge in [0.1, 0.15) is 5.82 Å². The molecule has 5 nitrogen and oxygen atoms in total. The maximum Gasteiger partial charge on any atom is 0.242 e. The minimum atomic E-state index is -0.202. The van der Waals surface area contributed by atoms with Crippen LogP contribution in [0.25, 0.3) is 0 Å². The third kappa shape index (κ3) is 4.10. The van der Waals surface area contributed by atoms with Crippen molar-refractivity contribution in [3.05, 3.63) is 53.4 Å². The van der Waals surface area contributed by atoms with Crippen LogP contribution in [0, 0.1) is 0 Å². The molecule has 1 saturated heterocycles. The Morgan fingerprint density at radius 2 is 2.12 bits per heavy atom. The molecule has 126 valence electrons. The second kappa shape index (κ2) is 7.73. The lowest BCUT2D eigenvalue weighted by molar-refractivity contribution is -0.121. The molecule has 0 bridgehead atoms. The molecule has 1 aliphatic rings. The first-order chi connectivity index (χ1) is 11.6. The van der Waals surface area contributed by atoms with Crippen LogP contribution in [0.3, 0.4) is 0 Å². The number of rotatable bonds is 4. The van der Waals surface area contributed by atoms with Gasteiger partial charge in [-0.3, -0.25) is 14.7 Å². The summed E-state index contributed by atoms with van der Waals surface area (Å²) in [6.45, 7) is 3.76. The monoisotopic (exact) mass is 344 g/mol. The van der Waals surface area contributed by atoms with E-state index >= 15 is 0 Å². The normalized spacial score (nSPS) is 19.7. The molecule has 6 heteroatoms. The summed E-state index contributed by atoms with van der Waals surface area (Å²) >= 11 is 5.82. The third-order valence-electron chi connectivity index (χ3n) is 4.54. The van der Waals surface area contributed by atoms with Crippen molar-refractivity contribution in [1.29, 1.82) is 0 Å². The molecular formula is C18H21ClN4O. The number of halogens is 1. The molecule has 1 aliphatic heterocycles. The molecule has 0 spiro atoms. The largest absolute Gasteiger partial charge is 0.309 e. The molecule has 0 radical (unpaired) electrons. The fourth-order valence-corrected chi connectivity index (χ4v) is 3.22. The number of piperidine rings is 1. The zero-order valence-electron chi connectivity index (χ0n) is 13.7. The van der Waals surface area contributed by atoms with E-state index in [-0.39, 0.29) is 11.9 Å². The number of amides is 1. The van der Waals surface area contributed by atoms with Crippen molar-refractivity contribution in [3.8, 4) is 0 Å². The highest BCUT2D eigenvalue weighted by Crippen LogP contribution is 2.27. The van der Waals surface area contributed by atoms with E-state index in [1.165, 1.54) is 11.8 Å². The molecule has 1 N–H and O–H groups in total. The van der Waals surface area contributed by atoms with Gasteiger partial charge in [-0.05, 0) is 62.1 Å². The Bertz CT molecular complexity index is 677. The van der Waals surface area contributed by atoms with Gasteiger partial charge < -0.3 is 5.32 Å². The topological polar surface area (TPSA) is 58.1 Å². The molecule has 2 atom stereocenters. The van der Waals surface area contributed by atoms with Crippen LogP contribution >= 0.6 is 11.6 Å². The van der Waals surface area contributed by atoms with E-state index in [0.717, 1.165) is 25.9 Å². The second-order valence-electron chi connectivity index (χ2n) is 6.14. The second-order valence-corrected chi connectivity index (χ2v) is 6.58. The van der Waals surface area contributed by atoms with Crippen LogP contribution in [-0.2, 0) is 4.79 Å². The number of anilines is 1. The Kier molecular flexibility index (Phi) is 5.43. The average molecular weight is 345 g/mol. The van der Waals surface area contributed by atoms with Gasteiger partial charge >= 0.3 is 0 Å². The zero-order chi connectivity index (χ0) is 16.9. The van der Waals surface area contributed by atoms with Crippen LogP contribution in [0.4, 0.5) is 5.82 Å². The number of carbonyl (C=O) groups is 1. The van der Waals surface area contributed by atoms with Gasteiger partial charge in [-0.15, -0.1) is 0 Å². The minimum absolute atomic E-state index is 0.0415. The Balaban J connectivity index is 1.62. The van der Waals surface area contributed by atoms with Gasteiger partial charge in [0.05, 0.1) is 11.1 Å². The van der Waals surface area contributed by atoms with E-state index in [4.69, 9.17) is 11.6 Å². The number of carbonyl (C=O) groups excluding carboxylic acids is 1. The molecule has 24 heavy (non-hydrogen) atoms. The Hall–Kier alpha value is -1.98. The molecule has 2 aromatic rings. The van der Waals surface area contributed by atoms with Crippen LogP contribution in [0.5, 0.6) is 0 Å². The van der Waals surface area contributed by atoms with Crippen LogP contribution < -0.4 is 5.32 Å². The first-order valence-electron chi connectivity index (χ1n) is 8.20. The molecular weight excluding hydrogens is 324 g/mol. The summed E-state index contributed by atoms with van der Waals surface area (Å²) in [6, 6.07) is 7.36. The maximum atomic E-state index is 12.5. The van der Waals surface area contributed by atoms with Crippen molar-refractivity contribution in [3.63, 3.8) is 0 Å². The van der Waals surface area contributed by atoms with Crippen molar-refractivity contribution in [2.75, 3.05) is 18.4 Å². The molecule has 1 amide bonds. The van der Waals surface area contributed by atoms with Gasteiger partial charge in [-0.25, -0.2) is 4.98 Å². The summed E-state index contributed by atoms with van der Waals surface area (Å²) in [7, 11) is 0. The SMILES string of the molecule is CC(C(=O)Nc1ccc(Cl)cn1)N1CCC[C@@H](c2ccncc2)C1. The maximum absolute atomic E-state index is 12.5. The first kappa shape index (κ1) is 16.9. The first-order valence-corrected chi connectivity index (χ1v) is 8.57. The van der Waals surface area contributed by atoms with Gasteiger partial charge in [-0.1, -0.05) is 11.6 Å². The summed E-state index contributed by atoms with van der Waals surface area (Å²) in [6.07, 6.45) is 7.42. The van der Waals surface area contributed by atoms with Crippen molar-refractivity contribution < 1.29 is 4.79 Å². The van der Waals surface area contributed by atoms with Gasteiger partial charge in [-0.2, -0.15) is 0 Å². The Morgan fingerprint density at radius 3 is 2.83 bits per heavy atom.